The van der Waals surface area contributed by atoms with Crippen LogP contribution < -0.4 is 5.73 Å². The summed E-state index contributed by atoms with van der Waals surface area (Å²) in [7, 11) is -1.06. The molecule has 0 saturated heterocycles. The summed E-state index contributed by atoms with van der Waals surface area (Å²) in [5, 5.41) is -0.0710. The van der Waals surface area contributed by atoms with Crippen LogP contribution in [0.25, 0.3) is 0 Å². The molecule has 14 heavy (non-hydrogen) atoms. The van der Waals surface area contributed by atoms with Gasteiger partial charge in [-0.2, -0.15) is 0 Å². The fourth-order valence-electron chi connectivity index (χ4n) is 0.949. The van der Waals surface area contributed by atoms with Gasteiger partial charge in [0, 0.05) is 28.8 Å². The third-order valence-electron chi connectivity index (χ3n) is 1.85. The van der Waals surface area contributed by atoms with Gasteiger partial charge in [-0.25, -0.2) is 4.39 Å². The lowest BCUT2D eigenvalue weighted by Crippen LogP contribution is -2.22. The first kappa shape index (κ1) is 11.3. The van der Waals surface area contributed by atoms with E-state index in [0.29, 0.717) is 17.9 Å². The molecule has 3 nitrogen and oxygen atoms in total. The number of aromatic nitrogens is 1. The van der Waals surface area contributed by atoms with Crippen LogP contribution in [0.4, 0.5) is 4.39 Å². The number of rotatable bonds is 4. The molecule has 0 fully saturated rings. The highest BCUT2D eigenvalue weighted by molar-refractivity contribution is 7.84. The second kappa shape index (κ2) is 5.17. The van der Waals surface area contributed by atoms with Crippen LogP contribution in [0.2, 0.25) is 0 Å². The summed E-state index contributed by atoms with van der Waals surface area (Å²) < 4.78 is 24.3. The average molecular weight is 216 g/mol. The van der Waals surface area contributed by atoms with Crippen molar-refractivity contribution >= 4 is 10.8 Å². The molecule has 2 unspecified atom stereocenters. The van der Waals surface area contributed by atoms with Gasteiger partial charge >= 0.3 is 0 Å². The van der Waals surface area contributed by atoms with Crippen LogP contribution >= 0.6 is 0 Å². The lowest BCUT2D eigenvalue weighted by atomic mass is 10.3. The van der Waals surface area contributed by atoms with Crippen LogP contribution in [0.3, 0.4) is 0 Å². The average Bonchev–Trinajstić information content (AvgIpc) is 2.16. The summed E-state index contributed by atoms with van der Waals surface area (Å²) in [6.45, 7) is 2.18. The quantitative estimate of drug-likeness (QED) is 0.810. The Hall–Kier alpha value is -0.810. The first-order valence-corrected chi connectivity index (χ1v) is 5.68. The highest BCUT2D eigenvalue weighted by Crippen LogP contribution is 2.07. The zero-order chi connectivity index (χ0) is 10.6. The molecule has 0 bridgehead atoms. The van der Waals surface area contributed by atoms with Gasteiger partial charge in [0.05, 0.1) is 11.9 Å². The van der Waals surface area contributed by atoms with Gasteiger partial charge in [-0.05, 0) is 18.6 Å². The molecule has 2 atom stereocenters. The minimum atomic E-state index is -1.06. The summed E-state index contributed by atoms with van der Waals surface area (Å²) in [4.78, 5) is 3.68. The van der Waals surface area contributed by atoms with E-state index in [9.17, 15) is 8.60 Å². The van der Waals surface area contributed by atoms with Crippen LogP contribution in [0, 0.1) is 5.82 Å². The minimum Gasteiger partial charge on any atom is -0.329 e. The molecule has 1 heterocycles. The van der Waals surface area contributed by atoms with Crippen molar-refractivity contribution < 1.29 is 8.60 Å². The number of hydrogen-bond acceptors (Lipinski definition) is 3. The number of pyridine rings is 1. The van der Waals surface area contributed by atoms with Gasteiger partial charge in [-0.3, -0.25) is 9.19 Å². The van der Waals surface area contributed by atoms with Crippen molar-refractivity contribution in [3.05, 3.63) is 29.8 Å². The first-order valence-electron chi connectivity index (χ1n) is 4.30. The molecule has 78 valence electrons. The van der Waals surface area contributed by atoms with Gasteiger partial charge in [0.15, 0.2) is 0 Å². The van der Waals surface area contributed by atoms with Gasteiger partial charge in [-0.1, -0.05) is 0 Å². The van der Waals surface area contributed by atoms with E-state index in [1.165, 1.54) is 12.3 Å². The Bertz CT molecular complexity index is 332. The minimum absolute atomic E-state index is 0.0710. The van der Waals surface area contributed by atoms with E-state index in [1.807, 2.05) is 6.92 Å². The Morgan fingerprint density at radius 1 is 1.64 bits per heavy atom. The number of halogens is 1. The van der Waals surface area contributed by atoms with Crippen LogP contribution in [0.15, 0.2) is 18.5 Å². The predicted molar refractivity (Wildman–Crippen MR) is 54.6 cm³/mol. The van der Waals surface area contributed by atoms with E-state index in [1.54, 1.807) is 0 Å². The molecule has 1 aromatic rings. The third kappa shape index (κ3) is 3.16. The molecule has 1 rings (SSSR count). The van der Waals surface area contributed by atoms with Crippen molar-refractivity contribution in [2.75, 3.05) is 6.54 Å². The number of nitrogens with zero attached hydrogens (tertiary/aromatic N) is 1. The highest BCUT2D eigenvalue weighted by atomic mass is 32.2. The smallest absolute Gasteiger partial charge is 0.141 e. The van der Waals surface area contributed by atoms with Gasteiger partial charge in [-0.15, -0.1) is 0 Å². The largest absolute Gasteiger partial charge is 0.329 e. The molecule has 0 aliphatic carbocycles. The lowest BCUT2D eigenvalue weighted by Gasteiger charge is -2.07. The Labute approximate surface area is 85.0 Å². The normalized spacial score (nSPS) is 15.1. The molecule has 0 aromatic carbocycles. The third-order valence-corrected chi connectivity index (χ3v) is 3.56. The van der Waals surface area contributed by atoms with Crippen molar-refractivity contribution in [1.82, 2.24) is 4.98 Å². The molecule has 0 aliphatic heterocycles. The fourth-order valence-corrected chi connectivity index (χ4v) is 1.93. The van der Waals surface area contributed by atoms with E-state index in [2.05, 4.69) is 4.98 Å². The van der Waals surface area contributed by atoms with Crippen molar-refractivity contribution in [2.45, 2.75) is 17.9 Å². The standard InChI is InChI=1S/C9H13FN2OS/c1-7(3-11)14(13)6-8-2-9(10)5-12-4-8/h2,4-5,7H,3,6,11H2,1H3. The molecular formula is C9H13FN2OS. The monoisotopic (exact) mass is 216 g/mol. The summed E-state index contributed by atoms with van der Waals surface area (Å²) in [6.07, 6.45) is 2.64. The topological polar surface area (TPSA) is 56.0 Å². The van der Waals surface area contributed by atoms with Crippen LogP contribution in [0.5, 0.6) is 0 Å². The SMILES string of the molecule is CC(CN)S(=O)Cc1cncc(F)c1. The summed E-state index contributed by atoms with van der Waals surface area (Å²) in [5.74, 6) is -0.0942. The second-order valence-corrected chi connectivity index (χ2v) is 4.94. The number of nitrogens with two attached hydrogens (primary N) is 1. The predicted octanol–water partition coefficient (Wildman–Crippen LogP) is 0.817. The molecular weight excluding hydrogens is 203 g/mol. The van der Waals surface area contributed by atoms with Crippen molar-refractivity contribution in [2.24, 2.45) is 5.73 Å². The summed E-state index contributed by atoms with van der Waals surface area (Å²) in [6, 6.07) is 1.34. The Kier molecular flexibility index (Phi) is 4.16. The zero-order valence-electron chi connectivity index (χ0n) is 7.94. The van der Waals surface area contributed by atoms with E-state index < -0.39 is 16.6 Å². The van der Waals surface area contributed by atoms with Gasteiger partial charge in [0.2, 0.25) is 0 Å². The Morgan fingerprint density at radius 2 is 2.36 bits per heavy atom. The lowest BCUT2D eigenvalue weighted by molar-refractivity contribution is 0.619. The second-order valence-electron chi connectivity index (χ2n) is 3.08. The number of hydrogen-bond donors (Lipinski definition) is 1. The Balaban J connectivity index is 2.65. The van der Waals surface area contributed by atoms with Gasteiger partial charge < -0.3 is 5.73 Å². The Morgan fingerprint density at radius 3 is 2.93 bits per heavy atom. The summed E-state index contributed by atoms with van der Waals surface area (Å²) >= 11 is 0. The molecule has 0 radical (unpaired) electrons. The fraction of sp³-hybridized carbons (Fsp3) is 0.444. The van der Waals surface area contributed by atoms with Crippen molar-refractivity contribution in [3.8, 4) is 0 Å². The molecule has 0 spiro atoms. The zero-order valence-corrected chi connectivity index (χ0v) is 8.76. The molecule has 0 amide bonds. The van der Waals surface area contributed by atoms with E-state index in [-0.39, 0.29) is 5.25 Å². The molecule has 0 aliphatic rings. The van der Waals surface area contributed by atoms with Gasteiger partial charge in [0.25, 0.3) is 0 Å². The maximum atomic E-state index is 12.7. The van der Waals surface area contributed by atoms with Gasteiger partial charge in [0.1, 0.15) is 5.82 Å². The van der Waals surface area contributed by atoms with Crippen molar-refractivity contribution in [1.29, 1.82) is 0 Å². The van der Waals surface area contributed by atoms with E-state index in [0.717, 1.165) is 6.20 Å². The van der Waals surface area contributed by atoms with E-state index in [4.69, 9.17) is 5.73 Å². The molecule has 0 saturated carbocycles. The molecule has 5 heteroatoms. The maximum absolute atomic E-state index is 12.7. The maximum Gasteiger partial charge on any atom is 0.141 e. The highest BCUT2D eigenvalue weighted by Gasteiger charge is 2.10. The molecule has 2 N–H and O–H groups in total. The van der Waals surface area contributed by atoms with Crippen LogP contribution in [0.1, 0.15) is 12.5 Å². The van der Waals surface area contributed by atoms with Crippen LogP contribution in [-0.2, 0) is 16.6 Å². The summed E-state index contributed by atoms with van der Waals surface area (Å²) in [5.41, 5.74) is 6.02. The van der Waals surface area contributed by atoms with Crippen molar-refractivity contribution in [3.63, 3.8) is 0 Å². The molecule has 1 aromatic heterocycles. The first-order chi connectivity index (χ1) is 6.63. The van der Waals surface area contributed by atoms with Crippen LogP contribution in [-0.4, -0.2) is 21.0 Å². The van der Waals surface area contributed by atoms with E-state index >= 15 is 0 Å².